The first-order chi connectivity index (χ1) is 17.1. The Morgan fingerprint density at radius 2 is 1.69 bits per heavy atom. The number of nitrogens with zero attached hydrogens (tertiary/aromatic N) is 1. The van der Waals surface area contributed by atoms with Crippen LogP contribution in [-0.2, 0) is 0 Å². The number of piperidine rings is 1. The summed E-state index contributed by atoms with van der Waals surface area (Å²) in [6, 6.07) is 22.0. The summed E-state index contributed by atoms with van der Waals surface area (Å²) in [7, 11) is 0. The first-order valence-electron chi connectivity index (χ1n) is 12.1. The van der Waals surface area contributed by atoms with E-state index in [0.717, 1.165) is 30.8 Å². The molecule has 0 bridgehead atoms. The number of likely N-dealkylation sites (tertiary alicyclic amines) is 1. The van der Waals surface area contributed by atoms with Crippen LogP contribution in [0.25, 0.3) is 21.9 Å². The fraction of sp³-hybridized carbons (Fsp3) is 0.233. The quantitative estimate of drug-likeness (QED) is 0.278. The van der Waals surface area contributed by atoms with Crippen LogP contribution in [0.2, 0.25) is 0 Å². The molecule has 1 aliphatic heterocycles. The van der Waals surface area contributed by atoms with Crippen LogP contribution in [0, 0.1) is 5.82 Å². The molecular formula is C30H29ClFNO3. The highest BCUT2D eigenvalue weighted by Gasteiger charge is 2.19. The Kier molecular flexibility index (Phi) is 8.24. The number of ketones is 1. The molecule has 186 valence electrons. The third-order valence-corrected chi connectivity index (χ3v) is 6.61. The smallest absolute Gasteiger partial charge is 0.194 e. The van der Waals surface area contributed by atoms with E-state index in [9.17, 15) is 14.3 Å². The first kappa shape index (κ1) is 25.7. The van der Waals surface area contributed by atoms with Gasteiger partial charge in [0.1, 0.15) is 23.9 Å². The highest BCUT2D eigenvalue weighted by atomic mass is 35.5. The van der Waals surface area contributed by atoms with Gasteiger partial charge in [0.2, 0.25) is 0 Å². The zero-order valence-corrected chi connectivity index (χ0v) is 20.8. The van der Waals surface area contributed by atoms with Crippen molar-refractivity contribution in [3.05, 3.63) is 95.8 Å². The van der Waals surface area contributed by atoms with E-state index >= 15 is 0 Å². The van der Waals surface area contributed by atoms with Crippen LogP contribution in [0.5, 0.6) is 11.5 Å². The number of carbonyl (C=O) groups excluding carboxylic acids is 1. The van der Waals surface area contributed by atoms with Gasteiger partial charge in [0.15, 0.2) is 5.78 Å². The molecule has 1 aliphatic rings. The summed E-state index contributed by atoms with van der Waals surface area (Å²) in [4.78, 5) is 16.2. The van der Waals surface area contributed by atoms with E-state index in [1.807, 2.05) is 24.3 Å². The van der Waals surface area contributed by atoms with E-state index in [2.05, 4.69) is 4.90 Å². The Bertz CT molecular complexity index is 1350. The Hall–Kier alpha value is -3.41. The van der Waals surface area contributed by atoms with Crippen molar-refractivity contribution in [1.82, 2.24) is 4.90 Å². The van der Waals surface area contributed by atoms with Crippen molar-refractivity contribution >= 4 is 29.0 Å². The zero-order chi connectivity index (χ0) is 24.2. The van der Waals surface area contributed by atoms with Crippen LogP contribution >= 0.6 is 12.4 Å². The van der Waals surface area contributed by atoms with Crippen LogP contribution < -0.4 is 4.74 Å². The van der Waals surface area contributed by atoms with Gasteiger partial charge >= 0.3 is 0 Å². The number of aromatic hydroxyl groups is 1. The number of phenolic OH excluding ortho intramolecular Hbond substituents is 1. The fourth-order valence-corrected chi connectivity index (χ4v) is 4.78. The molecule has 36 heavy (non-hydrogen) atoms. The second-order valence-electron chi connectivity index (χ2n) is 9.01. The van der Waals surface area contributed by atoms with Gasteiger partial charge < -0.3 is 9.84 Å². The minimum Gasteiger partial charge on any atom is -0.508 e. The zero-order valence-electron chi connectivity index (χ0n) is 20.0. The van der Waals surface area contributed by atoms with Gasteiger partial charge in [-0.3, -0.25) is 9.69 Å². The van der Waals surface area contributed by atoms with Crippen molar-refractivity contribution in [3.63, 3.8) is 0 Å². The number of benzene rings is 4. The number of hydrogen-bond donors (Lipinski definition) is 1. The Balaban J connectivity index is 0.00000304. The maximum absolute atomic E-state index is 14.0. The van der Waals surface area contributed by atoms with Crippen LogP contribution in [0.3, 0.4) is 0 Å². The molecule has 6 heteroatoms. The van der Waals surface area contributed by atoms with Gasteiger partial charge in [0, 0.05) is 17.7 Å². The number of hydrogen-bond acceptors (Lipinski definition) is 4. The van der Waals surface area contributed by atoms with Crippen molar-refractivity contribution in [2.75, 3.05) is 26.2 Å². The predicted octanol–water partition coefficient (Wildman–Crippen LogP) is 6.87. The second kappa shape index (κ2) is 11.5. The first-order valence-corrected chi connectivity index (χ1v) is 12.1. The molecule has 4 aromatic rings. The summed E-state index contributed by atoms with van der Waals surface area (Å²) in [6.07, 6.45) is 3.82. The maximum Gasteiger partial charge on any atom is 0.194 e. The number of phenols is 1. The van der Waals surface area contributed by atoms with Gasteiger partial charge in [-0.25, -0.2) is 4.39 Å². The van der Waals surface area contributed by atoms with E-state index in [1.165, 1.54) is 31.4 Å². The average molecular weight is 506 g/mol. The molecule has 0 aromatic heterocycles. The largest absolute Gasteiger partial charge is 0.508 e. The number of carbonyl (C=O) groups is 1. The molecule has 4 nitrogen and oxygen atoms in total. The van der Waals surface area contributed by atoms with Crippen LogP contribution in [0.15, 0.2) is 78.9 Å². The Morgan fingerprint density at radius 1 is 0.917 bits per heavy atom. The van der Waals surface area contributed by atoms with Gasteiger partial charge in [0.05, 0.1) is 0 Å². The predicted molar refractivity (Wildman–Crippen MR) is 144 cm³/mol. The number of ether oxygens (including phenoxy) is 1. The molecule has 4 aromatic carbocycles. The molecule has 0 amide bonds. The summed E-state index contributed by atoms with van der Waals surface area (Å²) in [5, 5.41) is 11.4. The van der Waals surface area contributed by atoms with Gasteiger partial charge in [-0.2, -0.15) is 0 Å². The number of rotatable bonds is 7. The SMILES string of the molecule is Cl.O=C(c1ccc(OCCN2CCCCC2)cc1)c1c(-c2cccc(F)c2)ccc2cc(O)ccc12. The highest BCUT2D eigenvalue weighted by Crippen LogP contribution is 2.34. The van der Waals surface area contributed by atoms with Gasteiger partial charge in [-0.1, -0.05) is 30.7 Å². The molecule has 0 spiro atoms. The van der Waals surface area contributed by atoms with Crippen molar-refractivity contribution in [2.24, 2.45) is 0 Å². The van der Waals surface area contributed by atoms with E-state index in [1.54, 1.807) is 42.5 Å². The minimum absolute atomic E-state index is 0. The molecule has 0 aliphatic carbocycles. The van der Waals surface area contributed by atoms with Crippen LogP contribution in [0.1, 0.15) is 35.2 Å². The minimum atomic E-state index is -0.363. The molecule has 5 rings (SSSR count). The summed E-state index contributed by atoms with van der Waals surface area (Å²) >= 11 is 0. The van der Waals surface area contributed by atoms with Crippen molar-refractivity contribution in [1.29, 1.82) is 0 Å². The van der Waals surface area contributed by atoms with Crippen molar-refractivity contribution < 1.29 is 19.0 Å². The Labute approximate surface area is 216 Å². The molecule has 1 heterocycles. The number of fused-ring (bicyclic) bond motifs is 1. The van der Waals surface area contributed by atoms with Gasteiger partial charge in [0.25, 0.3) is 0 Å². The molecule has 0 saturated carbocycles. The molecule has 1 N–H and O–H groups in total. The van der Waals surface area contributed by atoms with Crippen LogP contribution in [-0.4, -0.2) is 42.0 Å². The fourth-order valence-electron chi connectivity index (χ4n) is 4.78. The normalized spacial score (nSPS) is 13.8. The van der Waals surface area contributed by atoms with E-state index in [4.69, 9.17) is 4.74 Å². The molecule has 0 atom stereocenters. The standard InChI is InChI=1S/C30H28FNO3.ClH/c31-24-6-4-5-22(19-24)27-13-9-23-20-25(33)10-14-28(23)29(27)30(34)21-7-11-26(12-8-21)35-18-17-32-15-2-1-3-16-32;/h4-14,19-20,33H,1-3,15-18H2;1H. The third kappa shape index (κ3) is 5.69. The van der Waals surface area contributed by atoms with Crippen molar-refractivity contribution in [3.8, 4) is 22.6 Å². The summed E-state index contributed by atoms with van der Waals surface area (Å²) in [5.74, 6) is 0.324. The lowest BCUT2D eigenvalue weighted by Crippen LogP contribution is -2.33. The van der Waals surface area contributed by atoms with Gasteiger partial charge in [-0.05, 0) is 102 Å². The van der Waals surface area contributed by atoms with Crippen LogP contribution in [0.4, 0.5) is 4.39 Å². The summed E-state index contributed by atoms with van der Waals surface area (Å²) < 4.78 is 19.9. The number of halogens is 2. The van der Waals surface area contributed by atoms with E-state index in [0.29, 0.717) is 34.2 Å². The maximum atomic E-state index is 14.0. The molecule has 1 fully saturated rings. The molecule has 1 saturated heterocycles. The lowest BCUT2D eigenvalue weighted by atomic mass is 9.89. The molecular weight excluding hydrogens is 477 g/mol. The summed E-state index contributed by atoms with van der Waals surface area (Å²) in [5.41, 5.74) is 2.27. The van der Waals surface area contributed by atoms with E-state index in [-0.39, 0.29) is 29.8 Å². The lowest BCUT2D eigenvalue weighted by molar-refractivity contribution is 0.104. The van der Waals surface area contributed by atoms with Gasteiger partial charge in [-0.15, -0.1) is 12.4 Å². The Morgan fingerprint density at radius 3 is 2.44 bits per heavy atom. The molecule has 0 unspecified atom stereocenters. The third-order valence-electron chi connectivity index (χ3n) is 6.61. The van der Waals surface area contributed by atoms with Crippen molar-refractivity contribution in [2.45, 2.75) is 19.3 Å². The average Bonchev–Trinajstić information content (AvgIpc) is 2.88. The highest BCUT2D eigenvalue weighted by molar-refractivity contribution is 6.20. The summed E-state index contributed by atoms with van der Waals surface area (Å²) in [6.45, 7) is 3.78. The topological polar surface area (TPSA) is 49.8 Å². The molecule has 0 radical (unpaired) electrons. The lowest BCUT2D eigenvalue weighted by Gasteiger charge is -2.26. The monoisotopic (exact) mass is 505 g/mol. The van der Waals surface area contributed by atoms with E-state index < -0.39 is 0 Å². The second-order valence-corrected chi connectivity index (χ2v) is 9.01.